The minimum Gasteiger partial charge on any atom is -0.478 e. The van der Waals surface area contributed by atoms with Crippen LogP contribution in [0.25, 0.3) is 0 Å². The van der Waals surface area contributed by atoms with Crippen molar-refractivity contribution in [2.45, 2.75) is 13.0 Å². The summed E-state index contributed by atoms with van der Waals surface area (Å²) in [5.74, 6) is -1.53. The number of nitriles is 1. The maximum Gasteiger partial charge on any atom is 0.338 e. The molecule has 0 fully saturated rings. The molecule has 0 radical (unpaired) electrons. The van der Waals surface area contributed by atoms with Crippen LogP contribution >= 0.6 is 0 Å². The van der Waals surface area contributed by atoms with E-state index in [9.17, 15) is 13.6 Å². The second-order valence-electron chi connectivity index (χ2n) is 2.85. The fourth-order valence-electron chi connectivity index (χ4n) is 1.24. The van der Waals surface area contributed by atoms with Gasteiger partial charge in [-0.15, -0.1) is 0 Å². The number of nitrogens with two attached hydrogens (primary N) is 1. The lowest BCUT2D eigenvalue weighted by molar-refractivity contribution is 0.0680. The average Bonchev–Trinajstić information content (AvgIpc) is 2.26. The van der Waals surface area contributed by atoms with Gasteiger partial charge in [-0.05, 0) is 11.6 Å². The van der Waals surface area contributed by atoms with Gasteiger partial charge < -0.3 is 10.8 Å². The molecule has 0 saturated heterocycles. The van der Waals surface area contributed by atoms with Crippen molar-refractivity contribution in [3.8, 4) is 6.07 Å². The minimum atomic E-state index is -3.07. The molecule has 0 aliphatic heterocycles. The maximum atomic E-state index is 12.5. The van der Waals surface area contributed by atoms with Crippen molar-refractivity contribution in [3.05, 3.63) is 28.6 Å². The number of hydrogen-bond acceptors (Lipinski definition) is 4. The second kappa shape index (κ2) is 4.63. The van der Waals surface area contributed by atoms with Crippen LogP contribution in [0, 0.1) is 11.3 Å². The third kappa shape index (κ3) is 2.12. The molecule has 5 nitrogen and oxygen atoms in total. The van der Waals surface area contributed by atoms with E-state index >= 15 is 0 Å². The van der Waals surface area contributed by atoms with E-state index in [-0.39, 0.29) is 17.8 Å². The monoisotopic (exact) mass is 227 g/mol. The molecule has 0 saturated carbocycles. The van der Waals surface area contributed by atoms with Crippen LogP contribution in [0.2, 0.25) is 0 Å². The number of carboxylic acids is 1. The largest absolute Gasteiger partial charge is 0.478 e. The average molecular weight is 227 g/mol. The number of aromatic nitrogens is 1. The van der Waals surface area contributed by atoms with Gasteiger partial charge in [0, 0.05) is 6.54 Å². The summed E-state index contributed by atoms with van der Waals surface area (Å²) in [6.45, 7) is -0.251. The van der Waals surface area contributed by atoms with Gasteiger partial charge >= 0.3 is 5.97 Å². The predicted octanol–water partition coefficient (Wildman–Crippen LogP) is 1.05. The molecule has 1 rings (SSSR count). The van der Waals surface area contributed by atoms with E-state index in [0.29, 0.717) is 0 Å². The molecule has 0 atom stereocenters. The zero-order valence-corrected chi connectivity index (χ0v) is 7.94. The number of rotatable bonds is 3. The number of pyridine rings is 1. The van der Waals surface area contributed by atoms with Crippen molar-refractivity contribution in [1.29, 1.82) is 5.26 Å². The molecule has 0 unspecified atom stereocenters. The Bertz CT molecular complexity index is 469. The Morgan fingerprint density at radius 3 is 2.69 bits per heavy atom. The van der Waals surface area contributed by atoms with Gasteiger partial charge in [-0.1, -0.05) is 0 Å². The second-order valence-corrected chi connectivity index (χ2v) is 2.85. The number of alkyl halides is 2. The summed E-state index contributed by atoms with van der Waals surface area (Å²) < 4.78 is 25.1. The number of hydrogen-bond donors (Lipinski definition) is 2. The van der Waals surface area contributed by atoms with Crippen LogP contribution in [-0.4, -0.2) is 16.1 Å². The summed E-state index contributed by atoms with van der Waals surface area (Å²) in [5, 5.41) is 17.3. The van der Waals surface area contributed by atoms with Crippen LogP contribution in [0.15, 0.2) is 6.07 Å². The fraction of sp³-hybridized carbons (Fsp3) is 0.222. The SMILES string of the molecule is N#Cc1cc(CN)c(C(=O)O)c(C(F)F)n1. The third-order valence-electron chi connectivity index (χ3n) is 1.88. The Balaban J connectivity index is 3.55. The summed E-state index contributed by atoms with van der Waals surface area (Å²) >= 11 is 0. The van der Waals surface area contributed by atoms with E-state index in [1.807, 2.05) is 0 Å². The van der Waals surface area contributed by atoms with E-state index < -0.39 is 23.7 Å². The lowest BCUT2D eigenvalue weighted by Gasteiger charge is -2.09. The molecule has 1 aromatic heterocycles. The van der Waals surface area contributed by atoms with Crippen LogP contribution in [0.5, 0.6) is 0 Å². The molecule has 0 aliphatic rings. The van der Waals surface area contributed by atoms with Gasteiger partial charge in [0.25, 0.3) is 6.43 Å². The predicted molar refractivity (Wildman–Crippen MR) is 48.8 cm³/mol. The first-order valence-corrected chi connectivity index (χ1v) is 4.16. The van der Waals surface area contributed by atoms with Gasteiger partial charge in [0.05, 0.1) is 5.56 Å². The quantitative estimate of drug-likeness (QED) is 0.803. The summed E-state index contributed by atoms with van der Waals surface area (Å²) in [6, 6.07) is 2.66. The number of halogens is 2. The van der Waals surface area contributed by atoms with E-state index in [1.54, 1.807) is 6.07 Å². The molecule has 0 spiro atoms. The van der Waals surface area contributed by atoms with Crippen molar-refractivity contribution in [3.63, 3.8) is 0 Å². The van der Waals surface area contributed by atoms with Crippen molar-refractivity contribution < 1.29 is 18.7 Å². The lowest BCUT2D eigenvalue weighted by Crippen LogP contribution is -2.13. The van der Waals surface area contributed by atoms with Crippen molar-refractivity contribution in [2.24, 2.45) is 5.73 Å². The summed E-state index contributed by atoms with van der Waals surface area (Å²) in [7, 11) is 0. The molecular formula is C9H7F2N3O2. The number of carboxylic acid groups (broad SMARTS) is 1. The number of carbonyl (C=O) groups is 1. The normalized spacial score (nSPS) is 10.2. The fourth-order valence-corrected chi connectivity index (χ4v) is 1.24. The molecule has 0 aliphatic carbocycles. The highest BCUT2D eigenvalue weighted by atomic mass is 19.3. The molecule has 84 valence electrons. The minimum absolute atomic E-state index is 0.0330. The zero-order chi connectivity index (χ0) is 12.3. The van der Waals surface area contributed by atoms with E-state index in [0.717, 1.165) is 6.07 Å². The molecule has 7 heteroatoms. The smallest absolute Gasteiger partial charge is 0.338 e. The molecule has 0 bridgehead atoms. The molecular weight excluding hydrogens is 220 g/mol. The van der Waals surface area contributed by atoms with Gasteiger partial charge in [-0.25, -0.2) is 18.6 Å². The highest BCUT2D eigenvalue weighted by Gasteiger charge is 2.24. The first-order chi connectivity index (χ1) is 7.51. The van der Waals surface area contributed by atoms with E-state index in [1.165, 1.54) is 0 Å². The van der Waals surface area contributed by atoms with Crippen LogP contribution in [0.3, 0.4) is 0 Å². The van der Waals surface area contributed by atoms with E-state index in [4.69, 9.17) is 16.1 Å². The van der Waals surface area contributed by atoms with Gasteiger partial charge in [-0.2, -0.15) is 5.26 Å². The first kappa shape index (κ1) is 12.0. The summed E-state index contributed by atoms with van der Waals surface area (Å²) in [5.41, 5.74) is 3.37. The zero-order valence-electron chi connectivity index (χ0n) is 7.94. The van der Waals surface area contributed by atoms with Crippen molar-refractivity contribution in [2.75, 3.05) is 0 Å². The van der Waals surface area contributed by atoms with E-state index in [2.05, 4.69) is 4.98 Å². The molecule has 1 aromatic rings. The van der Waals surface area contributed by atoms with Crippen LogP contribution in [0.4, 0.5) is 8.78 Å². The standard InChI is InChI=1S/C9H7F2N3O2/c10-8(11)7-6(9(15)16)4(2-12)1-5(3-13)14-7/h1,8H,2,12H2,(H,15,16). The Morgan fingerprint density at radius 2 is 2.31 bits per heavy atom. The lowest BCUT2D eigenvalue weighted by atomic mass is 10.1. The third-order valence-corrected chi connectivity index (χ3v) is 1.88. The van der Waals surface area contributed by atoms with Crippen LogP contribution in [0.1, 0.15) is 33.7 Å². The van der Waals surface area contributed by atoms with Crippen molar-refractivity contribution in [1.82, 2.24) is 4.98 Å². The Hall–Kier alpha value is -2.07. The summed E-state index contributed by atoms with van der Waals surface area (Å²) in [6.07, 6.45) is -3.07. The molecule has 0 aromatic carbocycles. The van der Waals surface area contributed by atoms with Crippen LogP contribution < -0.4 is 5.73 Å². The molecule has 1 heterocycles. The van der Waals surface area contributed by atoms with Gasteiger partial charge in [0.1, 0.15) is 17.5 Å². The highest BCUT2D eigenvalue weighted by Crippen LogP contribution is 2.24. The van der Waals surface area contributed by atoms with Gasteiger partial charge in [-0.3, -0.25) is 0 Å². The van der Waals surface area contributed by atoms with Gasteiger partial charge in [0.2, 0.25) is 0 Å². The van der Waals surface area contributed by atoms with Gasteiger partial charge in [0.15, 0.2) is 0 Å². The topological polar surface area (TPSA) is 100 Å². The summed E-state index contributed by atoms with van der Waals surface area (Å²) in [4.78, 5) is 14.1. The highest BCUT2D eigenvalue weighted by molar-refractivity contribution is 5.90. The molecule has 0 amide bonds. The number of nitrogens with zero attached hydrogens (tertiary/aromatic N) is 2. The first-order valence-electron chi connectivity index (χ1n) is 4.16. The molecule has 3 N–H and O–H groups in total. The maximum absolute atomic E-state index is 12.5. The van der Waals surface area contributed by atoms with Crippen LogP contribution in [-0.2, 0) is 6.54 Å². The van der Waals surface area contributed by atoms with Crippen molar-refractivity contribution >= 4 is 5.97 Å². The Morgan fingerprint density at radius 1 is 1.69 bits per heavy atom. The number of aromatic carboxylic acids is 1. The Kier molecular flexibility index (Phi) is 3.48. The molecule has 16 heavy (non-hydrogen) atoms. The Labute approximate surface area is 89.1 Å².